The first-order valence-electron chi connectivity index (χ1n) is 13.3. The van der Waals surface area contributed by atoms with Crippen molar-refractivity contribution < 1.29 is 81.1 Å². The lowest BCUT2D eigenvalue weighted by Crippen LogP contribution is -2.69. The maximum absolute atomic E-state index is 14.5. The van der Waals surface area contributed by atoms with Crippen molar-refractivity contribution in [2.24, 2.45) is 0 Å². The predicted molar refractivity (Wildman–Crippen MR) is 129 cm³/mol. The number of unbranched alkanes of at least 4 members (excludes halogenated alkanes) is 2. The zero-order valence-corrected chi connectivity index (χ0v) is 23.4. The molecule has 1 aromatic carbocycles. The first-order valence-corrected chi connectivity index (χ1v) is 13.3. The fraction of sp³-hybridized carbons (Fsp3) is 0.769. The van der Waals surface area contributed by atoms with E-state index in [2.05, 4.69) is 0 Å². The summed E-state index contributed by atoms with van der Waals surface area (Å²) in [6.45, 7) is 2.73. The van der Waals surface area contributed by atoms with Gasteiger partial charge in [0.25, 0.3) is 0 Å². The Bertz CT molecular complexity index is 957. The number of benzene rings is 1. The monoisotopic (exact) mass is 672 g/mol. The van der Waals surface area contributed by atoms with Crippen LogP contribution in [0.2, 0.25) is 0 Å². The van der Waals surface area contributed by atoms with Gasteiger partial charge in [0.05, 0.1) is 59.0 Å². The number of aliphatic hydroxyl groups excluding tert-OH is 1. The molecule has 1 rings (SSSR count). The molecule has 0 aromatic heterocycles. The normalized spacial score (nSPS) is 14.7. The van der Waals surface area contributed by atoms with E-state index in [1.54, 1.807) is 0 Å². The van der Waals surface area contributed by atoms with Crippen LogP contribution in [0.15, 0.2) is 24.3 Å². The van der Waals surface area contributed by atoms with Crippen LogP contribution in [-0.4, -0.2) is 87.8 Å². The predicted octanol–water partition coefficient (Wildman–Crippen LogP) is 7.56. The van der Waals surface area contributed by atoms with Crippen molar-refractivity contribution in [1.29, 1.82) is 0 Å². The Labute approximate surface area is 244 Å². The molecule has 0 heterocycles. The minimum atomic E-state index is -7.95. The van der Waals surface area contributed by atoms with Gasteiger partial charge in [-0.3, -0.25) is 0 Å². The van der Waals surface area contributed by atoms with Crippen molar-refractivity contribution >= 4 is 0 Å². The molecule has 0 aliphatic rings. The maximum atomic E-state index is 14.5. The van der Waals surface area contributed by atoms with Gasteiger partial charge in [-0.25, -0.2) is 0 Å². The number of ether oxygens (including phenoxy) is 4. The van der Waals surface area contributed by atoms with Gasteiger partial charge in [-0.2, -0.15) is 57.1 Å². The number of halogens is 13. The number of rotatable bonds is 22. The van der Waals surface area contributed by atoms with E-state index >= 15 is 0 Å². The molecule has 5 nitrogen and oxygen atoms in total. The van der Waals surface area contributed by atoms with E-state index in [1.165, 1.54) is 0 Å². The average molecular weight is 673 g/mol. The lowest BCUT2D eigenvalue weighted by Gasteiger charge is -2.39. The van der Waals surface area contributed by atoms with Crippen molar-refractivity contribution in [2.75, 3.05) is 52.9 Å². The lowest BCUT2D eigenvalue weighted by atomic mass is 9.90. The Morgan fingerprint density at radius 2 is 1.05 bits per heavy atom. The molecule has 0 spiro atoms. The minimum Gasteiger partial charge on any atom is -0.394 e. The highest BCUT2D eigenvalue weighted by Gasteiger charge is 2.90. The molecule has 0 saturated carbocycles. The van der Waals surface area contributed by atoms with Gasteiger partial charge in [0, 0.05) is 5.56 Å². The van der Waals surface area contributed by atoms with Crippen LogP contribution in [0.25, 0.3) is 0 Å². The molecule has 0 aliphatic carbocycles. The van der Waals surface area contributed by atoms with Crippen molar-refractivity contribution in [1.82, 2.24) is 0 Å². The summed E-state index contributed by atoms with van der Waals surface area (Å²) in [4.78, 5) is 0. The molecule has 0 saturated heterocycles. The van der Waals surface area contributed by atoms with Crippen LogP contribution in [-0.2, 0) is 24.9 Å². The average Bonchev–Trinajstić information content (AvgIpc) is 2.94. The molecule has 1 atom stereocenters. The third kappa shape index (κ3) is 9.33. The summed E-state index contributed by atoms with van der Waals surface area (Å²) in [5.74, 6) is -37.3. The third-order valence-corrected chi connectivity index (χ3v) is 6.17. The van der Waals surface area contributed by atoms with E-state index in [9.17, 15) is 57.1 Å². The van der Waals surface area contributed by atoms with E-state index in [1.807, 2.05) is 6.92 Å². The SMILES string of the molecule is CCCCCC(OCCOCCOCCOCCO)c1ccc(C(F)(F)C(F)(F)C(F)(F)C(F)(F)C(F)(F)C(F)(F)F)cc1. The zero-order chi connectivity index (χ0) is 33.9. The van der Waals surface area contributed by atoms with Crippen molar-refractivity contribution in [3.63, 3.8) is 0 Å². The first-order chi connectivity index (χ1) is 20.2. The third-order valence-electron chi connectivity index (χ3n) is 6.17. The molecule has 0 radical (unpaired) electrons. The summed E-state index contributed by atoms with van der Waals surface area (Å²) in [7, 11) is 0. The number of hydrogen-bond acceptors (Lipinski definition) is 5. The number of alkyl halides is 13. The van der Waals surface area contributed by atoms with Gasteiger partial charge >= 0.3 is 35.8 Å². The summed E-state index contributed by atoms with van der Waals surface area (Å²) >= 11 is 0. The van der Waals surface area contributed by atoms with Crippen LogP contribution in [0.3, 0.4) is 0 Å². The fourth-order valence-corrected chi connectivity index (χ4v) is 3.64. The van der Waals surface area contributed by atoms with Gasteiger partial charge in [0.2, 0.25) is 0 Å². The van der Waals surface area contributed by atoms with Crippen LogP contribution in [0.5, 0.6) is 0 Å². The highest BCUT2D eigenvalue weighted by atomic mass is 19.4. The second-order valence-electron chi connectivity index (χ2n) is 9.41. The summed E-state index contributed by atoms with van der Waals surface area (Å²) in [5.41, 5.74) is -1.98. The molecule has 1 aromatic rings. The molecule has 0 bridgehead atoms. The quantitative estimate of drug-likeness (QED) is 0.102. The van der Waals surface area contributed by atoms with Crippen LogP contribution >= 0.6 is 0 Å². The van der Waals surface area contributed by atoms with Gasteiger partial charge in [-0.15, -0.1) is 0 Å². The Balaban J connectivity index is 2.99. The molecule has 18 heteroatoms. The second-order valence-corrected chi connectivity index (χ2v) is 9.41. The van der Waals surface area contributed by atoms with Gasteiger partial charge in [0.15, 0.2) is 0 Å². The molecule has 258 valence electrons. The summed E-state index contributed by atoms with van der Waals surface area (Å²) in [6.07, 6.45) is -6.05. The lowest BCUT2D eigenvalue weighted by molar-refractivity contribution is -0.441. The Kier molecular flexibility index (Phi) is 15.1. The van der Waals surface area contributed by atoms with Crippen LogP contribution in [0.4, 0.5) is 57.1 Å². The molecule has 0 fully saturated rings. The second kappa shape index (κ2) is 16.6. The maximum Gasteiger partial charge on any atom is 0.460 e. The van der Waals surface area contributed by atoms with E-state index in [0.29, 0.717) is 12.8 Å². The molecule has 1 N–H and O–H groups in total. The van der Waals surface area contributed by atoms with E-state index < -0.39 is 47.5 Å². The summed E-state index contributed by atoms with van der Waals surface area (Å²) in [5, 5.41) is 8.58. The van der Waals surface area contributed by atoms with Crippen LogP contribution in [0, 0.1) is 0 Å². The highest BCUT2D eigenvalue weighted by Crippen LogP contribution is 2.62. The fourth-order valence-electron chi connectivity index (χ4n) is 3.64. The largest absolute Gasteiger partial charge is 0.460 e. The Morgan fingerprint density at radius 1 is 0.591 bits per heavy atom. The minimum absolute atomic E-state index is 0.0306. The Hall–Kier alpha value is -1.89. The standard InChI is InChI=1S/C26H33F13O5/c1-2-3-4-5-20(44-17-16-43-15-14-42-13-12-41-11-10-40)18-6-8-19(9-7-18)21(27,28)22(29,30)23(31,32)24(33,34)25(35,36)26(37,38)39/h6-9,20,40H,2-5,10-17H2,1H3. The van der Waals surface area contributed by atoms with Gasteiger partial charge in [-0.1, -0.05) is 50.5 Å². The van der Waals surface area contributed by atoms with E-state index in [0.717, 1.165) is 18.6 Å². The number of aliphatic hydroxyl groups is 1. The summed E-state index contributed by atoms with van der Waals surface area (Å²) < 4.78 is 196. The molecular formula is C26H33F13O5. The van der Waals surface area contributed by atoms with E-state index in [4.69, 9.17) is 24.1 Å². The molecule has 1 unspecified atom stereocenters. The topological polar surface area (TPSA) is 57.2 Å². The molecular weight excluding hydrogens is 639 g/mol. The van der Waals surface area contributed by atoms with Gasteiger partial charge in [0.1, 0.15) is 0 Å². The smallest absolute Gasteiger partial charge is 0.394 e. The first kappa shape index (κ1) is 40.1. The Morgan fingerprint density at radius 3 is 1.50 bits per heavy atom. The molecule has 0 aliphatic heterocycles. The van der Waals surface area contributed by atoms with Crippen molar-refractivity contribution in [2.45, 2.75) is 74.5 Å². The number of hydrogen-bond donors (Lipinski definition) is 1. The van der Waals surface area contributed by atoms with Crippen molar-refractivity contribution in [3.05, 3.63) is 35.4 Å². The van der Waals surface area contributed by atoms with Gasteiger partial charge < -0.3 is 24.1 Å². The van der Waals surface area contributed by atoms with Crippen LogP contribution < -0.4 is 0 Å². The van der Waals surface area contributed by atoms with Crippen LogP contribution in [0.1, 0.15) is 49.8 Å². The van der Waals surface area contributed by atoms with Gasteiger partial charge in [-0.05, 0) is 12.0 Å². The van der Waals surface area contributed by atoms with Crippen molar-refractivity contribution in [3.8, 4) is 0 Å². The molecule has 44 heavy (non-hydrogen) atoms. The highest BCUT2D eigenvalue weighted by molar-refractivity contribution is 5.30. The van der Waals surface area contributed by atoms with E-state index in [-0.39, 0.29) is 77.0 Å². The molecule has 0 amide bonds. The summed E-state index contributed by atoms with van der Waals surface area (Å²) in [6, 6.07) is 1.72. The zero-order valence-electron chi connectivity index (χ0n) is 23.4.